The predicted octanol–water partition coefficient (Wildman–Crippen LogP) is 0.808. The van der Waals surface area contributed by atoms with Crippen molar-refractivity contribution in [2.75, 3.05) is 6.54 Å². The van der Waals surface area contributed by atoms with E-state index in [1.54, 1.807) is 0 Å². The molecule has 0 spiro atoms. The van der Waals surface area contributed by atoms with E-state index in [-0.39, 0.29) is 6.54 Å². The Bertz CT molecular complexity index is 390. The van der Waals surface area contributed by atoms with E-state index in [2.05, 4.69) is 0 Å². The Morgan fingerprint density at radius 3 is 2.71 bits per heavy atom. The Kier molecular flexibility index (Phi) is 5.16. The Morgan fingerprint density at radius 1 is 1.47 bits per heavy atom. The number of hydrogen-bond acceptors (Lipinski definition) is 3. The van der Waals surface area contributed by atoms with Gasteiger partial charge in [0.05, 0.1) is 0 Å². The number of nitrogens with zero attached hydrogens (tertiary/aromatic N) is 1. The molecule has 0 saturated carbocycles. The van der Waals surface area contributed by atoms with Gasteiger partial charge in [0.25, 0.3) is 0 Å². The summed E-state index contributed by atoms with van der Waals surface area (Å²) < 4.78 is 0.796. The van der Waals surface area contributed by atoms with Gasteiger partial charge in [0.1, 0.15) is 6.04 Å². The zero-order chi connectivity index (χ0) is 12.7. The van der Waals surface area contributed by atoms with Crippen LogP contribution >= 0.6 is 0 Å². The quantitative estimate of drug-likeness (QED) is 0.331. The summed E-state index contributed by atoms with van der Waals surface area (Å²) in [4.78, 5) is 10.4. The van der Waals surface area contributed by atoms with E-state index in [1.807, 2.05) is 30.3 Å². The highest BCUT2D eigenvalue weighted by molar-refractivity contribution is 5.75. The van der Waals surface area contributed by atoms with Crippen molar-refractivity contribution in [3.05, 3.63) is 41.1 Å². The smallest absolute Gasteiger partial charge is 0.320 e. The number of carboxylic acid groups (broad SMARTS) is 1. The molecule has 1 rings (SSSR count). The number of carboxylic acids is 1. The van der Waals surface area contributed by atoms with Crippen LogP contribution in [0.25, 0.3) is 0 Å². The van der Waals surface area contributed by atoms with Crippen molar-refractivity contribution in [1.29, 1.82) is 0 Å². The summed E-state index contributed by atoms with van der Waals surface area (Å²) in [6.45, 7) is 0.246. The number of rotatable bonds is 6. The van der Waals surface area contributed by atoms with Crippen molar-refractivity contribution in [2.45, 2.75) is 18.9 Å². The molecule has 5 heteroatoms. The van der Waals surface area contributed by atoms with E-state index >= 15 is 0 Å². The molecule has 0 aliphatic carbocycles. The molecule has 5 nitrogen and oxygen atoms in total. The molecule has 0 amide bonds. The third-order valence-electron chi connectivity index (χ3n) is 2.30. The molecule has 3 N–H and O–H groups in total. The monoisotopic (exact) mass is 236 g/mol. The molecule has 0 fully saturated rings. The van der Waals surface area contributed by atoms with Gasteiger partial charge in [0, 0.05) is 12.0 Å². The van der Waals surface area contributed by atoms with Crippen LogP contribution in [0.15, 0.2) is 30.3 Å². The fraction of sp³-hybridized carbons (Fsp3) is 0.333. The van der Waals surface area contributed by atoms with Crippen molar-refractivity contribution in [3.63, 3.8) is 0 Å². The zero-order valence-corrected chi connectivity index (χ0v) is 9.45. The number of aliphatic carboxylic acids is 1. The lowest BCUT2D eigenvalue weighted by atomic mass is 10.2. The lowest BCUT2D eigenvalue weighted by Crippen LogP contribution is -2.30. The topological polar surface area (TPSA) is 89.4 Å². The normalized spacial score (nSPS) is 13.4. The predicted molar refractivity (Wildman–Crippen MR) is 64.9 cm³/mol. The molecular formula is C12H16N2O3. The first-order chi connectivity index (χ1) is 8.09. The number of hydrogen-bond donors (Lipinski definition) is 2. The molecule has 17 heavy (non-hydrogen) atoms. The van der Waals surface area contributed by atoms with Gasteiger partial charge in [-0.1, -0.05) is 18.2 Å². The van der Waals surface area contributed by atoms with Gasteiger partial charge in [-0.2, -0.15) is 0 Å². The largest absolute Gasteiger partial charge is 0.624 e. The molecule has 0 aliphatic rings. The molecule has 1 aromatic carbocycles. The van der Waals surface area contributed by atoms with Gasteiger partial charge in [0.15, 0.2) is 12.8 Å². The highest BCUT2D eigenvalue weighted by Gasteiger charge is 2.11. The van der Waals surface area contributed by atoms with Crippen LogP contribution in [0, 0.1) is 5.21 Å². The lowest BCUT2D eigenvalue weighted by Gasteiger charge is -2.06. The second-order valence-corrected chi connectivity index (χ2v) is 3.77. The van der Waals surface area contributed by atoms with Crippen LogP contribution in [0.2, 0.25) is 0 Å². The number of nitrogens with two attached hydrogens (primary N) is 1. The van der Waals surface area contributed by atoms with Crippen molar-refractivity contribution < 1.29 is 14.6 Å². The zero-order valence-electron chi connectivity index (χ0n) is 9.45. The van der Waals surface area contributed by atoms with Crippen LogP contribution in [-0.4, -0.2) is 34.6 Å². The van der Waals surface area contributed by atoms with Crippen LogP contribution in [0.1, 0.15) is 18.4 Å². The molecule has 0 aromatic heterocycles. The van der Waals surface area contributed by atoms with Crippen molar-refractivity contribution in [3.8, 4) is 0 Å². The highest BCUT2D eigenvalue weighted by atomic mass is 16.5. The third kappa shape index (κ3) is 5.12. The fourth-order valence-corrected chi connectivity index (χ4v) is 1.36. The maximum absolute atomic E-state index is 11.4. The fourth-order valence-electron chi connectivity index (χ4n) is 1.36. The molecule has 0 heterocycles. The minimum absolute atomic E-state index is 0.246. The van der Waals surface area contributed by atoms with E-state index in [0.717, 1.165) is 10.3 Å². The molecule has 0 bridgehead atoms. The molecule has 0 unspecified atom stereocenters. The SMILES string of the molecule is N[C@@H](CCC/[N+]([O-])=C/c1ccccc1)C(=O)O. The standard InChI is InChI=1S/C12H16N2O3/c13-11(12(15)16)7-4-8-14(17)9-10-5-2-1-3-6-10/h1-3,5-6,9,11H,4,7-8,13H2,(H,15,16)/b14-9-/t11-/m0/s1. The van der Waals surface area contributed by atoms with Gasteiger partial charge in [-0.3, -0.25) is 4.79 Å². The summed E-state index contributed by atoms with van der Waals surface area (Å²) in [5.74, 6) is -1.03. The minimum atomic E-state index is -1.03. The average Bonchev–Trinajstić information content (AvgIpc) is 2.30. The summed E-state index contributed by atoms with van der Waals surface area (Å²) in [5, 5.41) is 20.0. The summed E-state index contributed by atoms with van der Waals surface area (Å²) in [6.07, 6.45) is 2.24. The van der Waals surface area contributed by atoms with Gasteiger partial charge in [-0.25, -0.2) is 4.74 Å². The van der Waals surface area contributed by atoms with Gasteiger partial charge in [-0.15, -0.1) is 0 Å². The Hall–Kier alpha value is -1.88. The Labute approximate surface area is 99.8 Å². The Morgan fingerprint density at radius 2 is 2.12 bits per heavy atom. The van der Waals surface area contributed by atoms with E-state index in [9.17, 15) is 10.0 Å². The van der Waals surface area contributed by atoms with Crippen LogP contribution < -0.4 is 5.73 Å². The molecule has 0 radical (unpaired) electrons. The molecule has 1 aromatic rings. The first-order valence-corrected chi connectivity index (χ1v) is 5.41. The van der Waals surface area contributed by atoms with Gasteiger partial charge >= 0.3 is 5.97 Å². The van der Waals surface area contributed by atoms with Gasteiger partial charge < -0.3 is 16.0 Å². The van der Waals surface area contributed by atoms with E-state index in [4.69, 9.17) is 10.8 Å². The summed E-state index contributed by atoms with van der Waals surface area (Å²) >= 11 is 0. The summed E-state index contributed by atoms with van der Waals surface area (Å²) in [6, 6.07) is 8.33. The van der Waals surface area contributed by atoms with Gasteiger partial charge in [-0.05, 0) is 18.6 Å². The first kappa shape index (κ1) is 13.2. The molecular weight excluding hydrogens is 220 g/mol. The van der Waals surface area contributed by atoms with Crippen molar-refractivity contribution in [1.82, 2.24) is 0 Å². The second kappa shape index (κ2) is 6.65. The van der Waals surface area contributed by atoms with E-state index < -0.39 is 12.0 Å². The average molecular weight is 236 g/mol. The van der Waals surface area contributed by atoms with Crippen LogP contribution in [-0.2, 0) is 4.79 Å². The molecule has 0 aliphatic heterocycles. The van der Waals surface area contributed by atoms with Crippen molar-refractivity contribution in [2.24, 2.45) is 5.73 Å². The molecule has 0 saturated heterocycles. The van der Waals surface area contributed by atoms with Gasteiger partial charge in [0.2, 0.25) is 0 Å². The third-order valence-corrected chi connectivity index (χ3v) is 2.30. The van der Waals surface area contributed by atoms with Crippen LogP contribution in [0.3, 0.4) is 0 Å². The second-order valence-electron chi connectivity index (χ2n) is 3.77. The maximum atomic E-state index is 11.4. The number of benzene rings is 1. The minimum Gasteiger partial charge on any atom is -0.624 e. The van der Waals surface area contributed by atoms with Crippen molar-refractivity contribution >= 4 is 12.2 Å². The Balaban J connectivity index is 2.37. The first-order valence-electron chi connectivity index (χ1n) is 5.41. The molecule has 92 valence electrons. The highest BCUT2D eigenvalue weighted by Crippen LogP contribution is 1.97. The van der Waals surface area contributed by atoms with E-state index in [0.29, 0.717) is 12.8 Å². The van der Waals surface area contributed by atoms with Crippen LogP contribution in [0.4, 0.5) is 0 Å². The lowest BCUT2D eigenvalue weighted by molar-refractivity contribution is -0.453. The number of hydroxylamine groups is 1. The maximum Gasteiger partial charge on any atom is 0.320 e. The number of carbonyl (C=O) groups is 1. The van der Waals surface area contributed by atoms with Crippen LogP contribution in [0.5, 0.6) is 0 Å². The van der Waals surface area contributed by atoms with E-state index in [1.165, 1.54) is 6.21 Å². The molecule has 1 atom stereocenters. The summed E-state index contributed by atoms with van der Waals surface area (Å²) in [7, 11) is 0. The summed E-state index contributed by atoms with van der Waals surface area (Å²) in [5.41, 5.74) is 6.15.